The molecule has 1 aliphatic rings. The third kappa shape index (κ3) is 4.36. The van der Waals surface area contributed by atoms with Crippen molar-refractivity contribution in [1.29, 1.82) is 0 Å². The highest BCUT2D eigenvalue weighted by atomic mass is 35.5. The monoisotopic (exact) mass is 310 g/mol. The van der Waals surface area contributed by atoms with Crippen LogP contribution in [0.3, 0.4) is 0 Å². The fourth-order valence-corrected chi connectivity index (χ4v) is 2.73. The highest BCUT2D eigenvalue weighted by Crippen LogP contribution is 2.25. The molecular weight excluding hydrogens is 292 g/mol. The van der Waals surface area contributed by atoms with Gasteiger partial charge in [-0.2, -0.15) is 0 Å². The van der Waals surface area contributed by atoms with Crippen LogP contribution in [0.15, 0.2) is 18.2 Å². The summed E-state index contributed by atoms with van der Waals surface area (Å²) in [4.78, 5) is 22.8. The number of carbonyl (C=O) groups is 2. The minimum atomic E-state index is -1.05. The van der Waals surface area contributed by atoms with Gasteiger partial charge in [0, 0.05) is 6.04 Å². The average Bonchev–Trinajstić information content (AvgIpc) is 2.43. The quantitative estimate of drug-likeness (QED) is 0.795. The molecule has 0 spiro atoms. The number of carboxylic acids is 1. The first kappa shape index (κ1) is 15.6. The maximum Gasteiger partial charge on any atom is 0.335 e. The highest BCUT2D eigenvalue weighted by Gasteiger charge is 2.20. The lowest BCUT2D eigenvalue weighted by atomic mass is 9.87. The molecule has 0 aliphatic heterocycles. The summed E-state index contributed by atoms with van der Waals surface area (Å²) >= 11 is 5.97. The van der Waals surface area contributed by atoms with Crippen molar-refractivity contribution < 1.29 is 14.7 Å². The molecule has 6 heteroatoms. The second kappa shape index (κ2) is 6.80. The van der Waals surface area contributed by atoms with Crippen LogP contribution in [0.5, 0.6) is 0 Å². The molecule has 0 heterocycles. The largest absolute Gasteiger partial charge is 0.478 e. The summed E-state index contributed by atoms with van der Waals surface area (Å²) in [5.74, 6) is -0.326. The molecule has 2 amide bonds. The Labute approximate surface area is 128 Å². The van der Waals surface area contributed by atoms with E-state index in [0.29, 0.717) is 5.69 Å². The van der Waals surface area contributed by atoms with Crippen molar-refractivity contribution in [3.05, 3.63) is 28.8 Å². The van der Waals surface area contributed by atoms with Crippen LogP contribution in [-0.4, -0.2) is 23.1 Å². The fraction of sp³-hybridized carbons (Fsp3) is 0.467. The molecule has 1 aromatic carbocycles. The van der Waals surface area contributed by atoms with Crippen LogP contribution in [0.25, 0.3) is 0 Å². The number of urea groups is 1. The smallest absolute Gasteiger partial charge is 0.335 e. The summed E-state index contributed by atoms with van der Waals surface area (Å²) in [7, 11) is 0. The third-order valence-electron chi connectivity index (χ3n) is 3.82. The number of rotatable bonds is 3. The summed E-state index contributed by atoms with van der Waals surface area (Å²) in [6.07, 6.45) is 4.22. The van der Waals surface area contributed by atoms with Gasteiger partial charge in [0.2, 0.25) is 0 Å². The zero-order valence-electron chi connectivity index (χ0n) is 11.9. The van der Waals surface area contributed by atoms with E-state index in [0.717, 1.165) is 31.6 Å². The zero-order valence-corrected chi connectivity index (χ0v) is 12.6. The highest BCUT2D eigenvalue weighted by molar-refractivity contribution is 6.34. The molecule has 114 valence electrons. The number of hydrogen-bond donors (Lipinski definition) is 3. The molecular formula is C15H19ClN2O3. The third-order valence-corrected chi connectivity index (χ3v) is 4.13. The topological polar surface area (TPSA) is 78.4 Å². The predicted molar refractivity (Wildman–Crippen MR) is 82.0 cm³/mol. The van der Waals surface area contributed by atoms with Crippen molar-refractivity contribution in [2.45, 2.75) is 38.6 Å². The van der Waals surface area contributed by atoms with E-state index < -0.39 is 5.97 Å². The second-order valence-electron chi connectivity index (χ2n) is 5.56. The molecule has 0 unspecified atom stereocenters. The van der Waals surface area contributed by atoms with Gasteiger partial charge in [0.25, 0.3) is 0 Å². The lowest BCUT2D eigenvalue weighted by Gasteiger charge is -2.27. The number of hydrogen-bond acceptors (Lipinski definition) is 2. The van der Waals surface area contributed by atoms with Crippen LogP contribution >= 0.6 is 11.6 Å². The van der Waals surface area contributed by atoms with Crippen molar-refractivity contribution in [3.63, 3.8) is 0 Å². The Bertz CT molecular complexity index is 540. The molecule has 0 aromatic heterocycles. The molecule has 3 N–H and O–H groups in total. The number of benzene rings is 1. The van der Waals surface area contributed by atoms with Gasteiger partial charge in [-0.25, -0.2) is 9.59 Å². The van der Waals surface area contributed by atoms with E-state index in [1.165, 1.54) is 18.2 Å². The molecule has 1 aromatic rings. The summed E-state index contributed by atoms with van der Waals surface area (Å²) < 4.78 is 0. The number of amides is 2. The van der Waals surface area contributed by atoms with Crippen molar-refractivity contribution in [3.8, 4) is 0 Å². The molecule has 1 aliphatic carbocycles. The fourth-order valence-electron chi connectivity index (χ4n) is 2.50. The van der Waals surface area contributed by atoms with Crippen LogP contribution in [0.4, 0.5) is 10.5 Å². The summed E-state index contributed by atoms with van der Waals surface area (Å²) in [6.45, 7) is 2.22. The van der Waals surface area contributed by atoms with E-state index in [9.17, 15) is 9.59 Å². The van der Waals surface area contributed by atoms with Gasteiger partial charge < -0.3 is 15.7 Å². The van der Waals surface area contributed by atoms with E-state index >= 15 is 0 Å². The molecule has 1 fully saturated rings. The SMILES string of the molecule is CC1CCC(NC(=O)Nc2ccc(C(=O)O)cc2Cl)CC1. The Morgan fingerprint density at radius 1 is 1.24 bits per heavy atom. The van der Waals surface area contributed by atoms with Gasteiger partial charge in [0.15, 0.2) is 0 Å². The number of nitrogens with one attached hydrogen (secondary N) is 2. The van der Waals surface area contributed by atoms with Gasteiger partial charge in [-0.15, -0.1) is 0 Å². The van der Waals surface area contributed by atoms with Gasteiger partial charge in [-0.05, 0) is 49.8 Å². The van der Waals surface area contributed by atoms with Gasteiger partial charge in [-0.3, -0.25) is 0 Å². The Morgan fingerprint density at radius 2 is 1.90 bits per heavy atom. The van der Waals surface area contributed by atoms with E-state index in [-0.39, 0.29) is 22.7 Å². The van der Waals surface area contributed by atoms with E-state index in [4.69, 9.17) is 16.7 Å². The molecule has 5 nitrogen and oxygen atoms in total. The molecule has 1 saturated carbocycles. The van der Waals surface area contributed by atoms with Gasteiger partial charge in [0.05, 0.1) is 16.3 Å². The van der Waals surface area contributed by atoms with Crippen molar-refractivity contribution in [1.82, 2.24) is 5.32 Å². The minimum absolute atomic E-state index is 0.0900. The van der Waals surface area contributed by atoms with Crippen LogP contribution in [-0.2, 0) is 0 Å². The summed E-state index contributed by atoms with van der Waals surface area (Å²) in [5.41, 5.74) is 0.496. The number of aromatic carboxylic acids is 1. The molecule has 21 heavy (non-hydrogen) atoms. The standard InChI is InChI=1S/C15H19ClN2O3/c1-9-2-5-11(6-3-9)17-15(21)18-13-7-4-10(14(19)20)8-12(13)16/h4,7-9,11H,2-3,5-6H2,1H3,(H,19,20)(H2,17,18,21). The first-order valence-electron chi connectivity index (χ1n) is 7.06. The van der Waals surface area contributed by atoms with Crippen molar-refractivity contribution in [2.24, 2.45) is 5.92 Å². The van der Waals surface area contributed by atoms with Gasteiger partial charge in [0.1, 0.15) is 0 Å². The minimum Gasteiger partial charge on any atom is -0.478 e. The summed E-state index contributed by atoms with van der Waals surface area (Å²) in [6, 6.07) is 4.11. The van der Waals surface area contributed by atoms with Crippen LogP contribution < -0.4 is 10.6 Å². The first-order chi connectivity index (χ1) is 9.95. The van der Waals surface area contributed by atoms with Crippen LogP contribution in [0, 0.1) is 5.92 Å². The van der Waals surface area contributed by atoms with Crippen LogP contribution in [0.2, 0.25) is 5.02 Å². The van der Waals surface area contributed by atoms with E-state index in [2.05, 4.69) is 17.6 Å². The first-order valence-corrected chi connectivity index (χ1v) is 7.44. The molecule has 0 bridgehead atoms. The summed E-state index contributed by atoms with van der Waals surface area (Å²) in [5, 5.41) is 14.7. The molecule has 0 atom stereocenters. The number of carboxylic acid groups (broad SMARTS) is 1. The number of halogens is 1. The van der Waals surface area contributed by atoms with Gasteiger partial charge in [-0.1, -0.05) is 18.5 Å². The molecule has 0 saturated heterocycles. The number of anilines is 1. The molecule has 0 radical (unpaired) electrons. The Kier molecular flexibility index (Phi) is 5.07. The van der Waals surface area contributed by atoms with Crippen molar-refractivity contribution in [2.75, 3.05) is 5.32 Å². The zero-order chi connectivity index (χ0) is 15.4. The Morgan fingerprint density at radius 3 is 2.48 bits per heavy atom. The normalized spacial score (nSPS) is 21.6. The van der Waals surface area contributed by atoms with Gasteiger partial charge >= 0.3 is 12.0 Å². The number of carbonyl (C=O) groups excluding carboxylic acids is 1. The predicted octanol–water partition coefficient (Wildman–Crippen LogP) is 3.74. The maximum absolute atomic E-state index is 11.9. The molecule has 2 rings (SSSR count). The van der Waals surface area contributed by atoms with Crippen LogP contribution in [0.1, 0.15) is 43.0 Å². The lowest BCUT2D eigenvalue weighted by molar-refractivity contribution is 0.0697. The Balaban J connectivity index is 1.92. The van der Waals surface area contributed by atoms with Crippen molar-refractivity contribution >= 4 is 29.3 Å². The van der Waals surface area contributed by atoms with E-state index in [1.807, 2.05) is 0 Å². The second-order valence-corrected chi connectivity index (χ2v) is 5.96. The maximum atomic E-state index is 11.9. The average molecular weight is 311 g/mol. The van der Waals surface area contributed by atoms with E-state index in [1.54, 1.807) is 0 Å². The Hall–Kier alpha value is -1.75. The lowest BCUT2D eigenvalue weighted by Crippen LogP contribution is -2.40.